The number of ether oxygens (including phenoxy) is 1. The molecular formula is C29H41FN6O2S. The van der Waals surface area contributed by atoms with Crippen LogP contribution in [0.3, 0.4) is 0 Å². The van der Waals surface area contributed by atoms with Crippen molar-refractivity contribution in [3.05, 3.63) is 76.5 Å². The van der Waals surface area contributed by atoms with E-state index in [1.165, 1.54) is 24.2 Å². The van der Waals surface area contributed by atoms with Gasteiger partial charge in [-0.1, -0.05) is 26.8 Å². The van der Waals surface area contributed by atoms with Gasteiger partial charge in [-0.2, -0.15) is 0 Å². The zero-order chi connectivity index (χ0) is 28.7. The van der Waals surface area contributed by atoms with Crippen LogP contribution >= 0.6 is 12.0 Å². The highest BCUT2D eigenvalue weighted by molar-refractivity contribution is 7.95. The van der Waals surface area contributed by atoms with E-state index in [4.69, 9.17) is 25.1 Å². The Morgan fingerprint density at radius 2 is 1.90 bits per heavy atom. The number of nitrogens with one attached hydrogen (secondary N) is 2. The number of nitrogens with two attached hydrogens (primary N) is 1. The molecule has 4 N–H and O–H groups in total. The van der Waals surface area contributed by atoms with Gasteiger partial charge >= 0.3 is 0 Å². The fourth-order valence-corrected chi connectivity index (χ4v) is 5.32. The molecule has 0 amide bonds. The Hall–Kier alpha value is -3.08. The van der Waals surface area contributed by atoms with Crippen molar-refractivity contribution >= 4 is 23.7 Å². The number of halogens is 1. The first kappa shape index (κ1) is 30.5. The maximum Gasteiger partial charge on any atom is 0.218 e. The summed E-state index contributed by atoms with van der Waals surface area (Å²) in [6, 6.07) is 12.4. The number of nitrogens with zero attached hydrogens (tertiary/aromatic N) is 3. The minimum Gasteiger partial charge on any atom is -0.452 e. The lowest BCUT2D eigenvalue weighted by atomic mass is 10.1. The Morgan fingerprint density at radius 1 is 1.21 bits per heavy atom. The van der Waals surface area contributed by atoms with Crippen LogP contribution in [0.25, 0.3) is 0 Å². The van der Waals surface area contributed by atoms with Gasteiger partial charge in [-0.25, -0.2) is 9.38 Å². The van der Waals surface area contributed by atoms with Crippen LogP contribution in [-0.4, -0.2) is 67.6 Å². The predicted octanol–water partition coefficient (Wildman–Crippen LogP) is 4.80. The summed E-state index contributed by atoms with van der Waals surface area (Å²) < 4.78 is 26.5. The molecule has 2 aromatic carbocycles. The van der Waals surface area contributed by atoms with Crippen molar-refractivity contribution in [1.29, 1.82) is 5.41 Å². The summed E-state index contributed by atoms with van der Waals surface area (Å²) in [7, 11) is 7.57. The van der Waals surface area contributed by atoms with Gasteiger partial charge in [0.1, 0.15) is 23.1 Å². The van der Waals surface area contributed by atoms with E-state index in [-0.39, 0.29) is 18.0 Å². The van der Waals surface area contributed by atoms with Gasteiger partial charge in [0.25, 0.3) is 0 Å². The highest BCUT2D eigenvalue weighted by atomic mass is 32.2. The Morgan fingerprint density at radius 3 is 2.46 bits per heavy atom. The third-order valence-electron chi connectivity index (χ3n) is 6.22. The number of hydrogen-bond acceptors (Lipinski definition) is 9. The molecule has 2 aromatic rings. The van der Waals surface area contributed by atoms with Crippen LogP contribution in [0.4, 0.5) is 4.39 Å². The quantitative estimate of drug-likeness (QED) is 0.150. The third-order valence-corrected chi connectivity index (χ3v) is 7.03. The van der Waals surface area contributed by atoms with E-state index in [0.717, 1.165) is 29.3 Å². The predicted molar refractivity (Wildman–Crippen MR) is 159 cm³/mol. The number of likely N-dealkylation sites (N-methyl/N-ethyl adjacent to an activating group) is 2. The summed E-state index contributed by atoms with van der Waals surface area (Å²) in [6.07, 6.45) is 0.301. The first-order valence-corrected chi connectivity index (χ1v) is 13.9. The molecule has 10 heteroatoms. The van der Waals surface area contributed by atoms with E-state index >= 15 is 0 Å². The SMILES string of the molecule is CNC(OC(=N)c1ccc(CN)cc1F)C1=C(N(C)C)N(C)CC(c2ccc(OSC(C)CC(C)C)cc2)=N1. The van der Waals surface area contributed by atoms with E-state index in [1.807, 2.05) is 50.3 Å². The van der Waals surface area contributed by atoms with Crippen molar-refractivity contribution < 1.29 is 13.3 Å². The van der Waals surface area contributed by atoms with Crippen LogP contribution in [0.15, 0.2) is 59.0 Å². The lowest BCUT2D eigenvalue weighted by Crippen LogP contribution is -2.43. The highest BCUT2D eigenvalue weighted by Gasteiger charge is 2.29. The van der Waals surface area contributed by atoms with Crippen LogP contribution in [0.2, 0.25) is 0 Å². The van der Waals surface area contributed by atoms with Crippen molar-refractivity contribution in [2.75, 3.05) is 34.7 Å². The minimum absolute atomic E-state index is 0.0593. The van der Waals surface area contributed by atoms with Gasteiger partial charge in [0.15, 0.2) is 6.23 Å². The third kappa shape index (κ3) is 7.97. The topological polar surface area (TPSA) is 99.2 Å². The second-order valence-electron chi connectivity index (χ2n) is 10.3. The van der Waals surface area contributed by atoms with Crippen LogP contribution in [0.5, 0.6) is 5.75 Å². The fourth-order valence-electron chi connectivity index (χ4n) is 4.47. The van der Waals surface area contributed by atoms with Gasteiger partial charge in [-0.05, 0) is 66.9 Å². The molecule has 3 rings (SSSR count). The van der Waals surface area contributed by atoms with Crippen LogP contribution in [0.1, 0.15) is 43.9 Å². The van der Waals surface area contributed by atoms with Gasteiger partial charge < -0.3 is 24.5 Å². The van der Waals surface area contributed by atoms with E-state index in [2.05, 4.69) is 31.0 Å². The van der Waals surface area contributed by atoms with Gasteiger partial charge in [-0.15, -0.1) is 0 Å². The molecule has 0 aliphatic carbocycles. The normalized spacial score (nSPS) is 15.2. The molecule has 39 heavy (non-hydrogen) atoms. The Balaban J connectivity index is 1.85. The maximum atomic E-state index is 14.7. The molecule has 1 heterocycles. The molecule has 0 saturated carbocycles. The molecule has 0 spiro atoms. The Labute approximate surface area is 236 Å². The van der Waals surface area contributed by atoms with Crippen molar-refractivity contribution in [2.45, 2.75) is 45.2 Å². The zero-order valence-corrected chi connectivity index (χ0v) is 24.7. The standard InChI is InChI=1S/C29H41FN6O2S/c1-18(2)14-19(3)39-38-22-11-9-21(10-12-22)25-17-36(7)29(35(5)6)26(34-25)28(33-4)37-27(32)23-13-8-20(16-31)15-24(23)30/h8-13,15,18-19,28,32-33H,14,16-17,31H2,1-7H3. The minimum atomic E-state index is -0.789. The average Bonchev–Trinajstić information content (AvgIpc) is 2.89. The van der Waals surface area contributed by atoms with Crippen LogP contribution in [0, 0.1) is 17.1 Å². The number of benzene rings is 2. The van der Waals surface area contributed by atoms with E-state index in [0.29, 0.717) is 29.0 Å². The molecule has 2 unspecified atom stereocenters. The fraction of sp³-hybridized carbons (Fsp3) is 0.448. The molecule has 0 radical (unpaired) electrons. The Bertz CT molecular complexity index is 1200. The van der Waals surface area contributed by atoms with E-state index in [9.17, 15) is 4.39 Å². The summed E-state index contributed by atoms with van der Waals surface area (Å²) >= 11 is 1.49. The summed E-state index contributed by atoms with van der Waals surface area (Å²) in [6.45, 7) is 7.40. The zero-order valence-electron chi connectivity index (χ0n) is 23.9. The van der Waals surface area contributed by atoms with Crippen molar-refractivity contribution in [1.82, 2.24) is 15.1 Å². The first-order valence-electron chi connectivity index (χ1n) is 13.1. The molecule has 0 aromatic heterocycles. The molecule has 0 saturated heterocycles. The van der Waals surface area contributed by atoms with E-state index in [1.54, 1.807) is 13.1 Å². The van der Waals surface area contributed by atoms with Crippen molar-refractivity contribution in [2.24, 2.45) is 16.6 Å². The van der Waals surface area contributed by atoms with Crippen LogP contribution < -0.4 is 15.2 Å². The van der Waals surface area contributed by atoms with Gasteiger partial charge in [-0.3, -0.25) is 10.7 Å². The molecule has 2 atom stereocenters. The number of rotatable bonds is 12. The highest BCUT2D eigenvalue weighted by Crippen LogP contribution is 2.27. The molecule has 0 fully saturated rings. The molecular weight excluding hydrogens is 515 g/mol. The first-order chi connectivity index (χ1) is 18.5. The number of hydrogen-bond donors (Lipinski definition) is 3. The van der Waals surface area contributed by atoms with Gasteiger partial charge in [0.2, 0.25) is 5.90 Å². The summed E-state index contributed by atoms with van der Waals surface area (Å²) in [4.78, 5) is 9.02. The van der Waals surface area contributed by atoms with E-state index < -0.39 is 12.0 Å². The van der Waals surface area contributed by atoms with Gasteiger partial charge in [0.05, 0.1) is 29.9 Å². The van der Waals surface area contributed by atoms with Crippen molar-refractivity contribution in [3.63, 3.8) is 0 Å². The average molecular weight is 557 g/mol. The molecule has 0 bridgehead atoms. The van der Waals surface area contributed by atoms with Gasteiger partial charge in [0, 0.05) is 32.9 Å². The summed E-state index contributed by atoms with van der Waals surface area (Å²) in [5.41, 5.74) is 8.71. The smallest absolute Gasteiger partial charge is 0.218 e. The molecule has 1 aliphatic heterocycles. The lowest BCUT2D eigenvalue weighted by molar-refractivity contribution is 0.178. The molecule has 8 nitrogen and oxygen atoms in total. The summed E-state index contributed by atoms with van der Waals surface area (Å²) in [5, 5.41) is 12.0. The maximum absolute atomic E-state index is 14.7. The molecule has 1 aliphatic rings. The second-order valence-corrected chi connectivity index (χ2v) is 11.5. The molecule has 212 valence electrons. The lowest BCUT2D eigenvalue weighted by Gasteiger charge is -2.35. The van der Waals surface area contributed by atoms with Crippen molar-refractivity contribution in [3.8, 4) is 5.75 Å². The monoisotopic (exact) mass is 556 g/mol. The van der Waals surface area contributed by atoms with Crippen LogP contribution in [-0.2, 0) is 11.3 Å². The summed E-state index contributed by atoms with van der Waals surface area (Å²) in [5.74, 6) is 1.40. The Kier molecular flexibility index (Phi) is 10.8. The largest absolute Gasteiger partial charge is 0.452 e. The second kappa shape index (κ2) is 13.8. The number of aliphatic imine (C=N–C) groups is 1.